The van der Waals surface area contributed by atoms with Gasteiger partial charge in [-0.1, -0.05) is 60.7 Å². The van der Waals surface area contributed by atoms with Crippen LogP contribution in [-0.4, -0.2) is 89.4 Å². The van der Waals surface area contributed by atoms with Crippen LogP contribution in [0.5, 0.6) is 11.5 Å². The normalized spacial score (nSPS) is 18.6. The molecule has 8 rings (SSSR count). The summed E-state index contributed by atoms with van der Waals surface area (Å²) < 4.78 is 12.2. The fourth-order valence-electron chi connectivity index (χ4n) is 7.74. The van der Waals surface area contributed by atoms with Crippen molar-refractivity contribution >= 4 is 22.9 Å². The molecule has 5 N–H and O–H groups in total. The summed E-state index contributed by atoms with van der Waals surface area (Å²) in [5.41, 5.74) is 3.74. The number of nitrogens with one attached hydrogen (secondary N) is 3. The van der Waals surface area contributed by atoms with Gasteiger partial charge in [0, 0.05) is 43.7 Å². The number of alkyl carbamates (subject to hydrolysis) is 1. The number of carbonyl (C=O) groups is 2. The topological polar surface area (TPSA) is 156 Å². The number of nitrogens with zero attached hydrogens (tertiary/aromatic N) is 2. The molecule has 0 aliphatic carbocycles. The van der Waals surface area contributed by atoms with Crippen LogP contribution >= 0.6 is 0 Å². The van der Waals surface area contributed by atoms with Crippen LogP contribution in [0.3, 0.4) is 0 Å². The molecular weight excluding hydrogens is 711 g/mol. The lowest BCUT2D eigenvalue weighted by atomic mass is 9.86. The number of phenols is 1. The van der Waals surface area contributed by atoms with Crippen LogP contribution in [0, 0.1) is 5.92 Å². The van der Waals surface area contributed by atoms with Crippen molar-refractivity contribution in [1.82, 2.24) is 25.4 Å². The number of aromatic nitrogens is 1. The molecular formula is C44H49N5O7. The fraction of sp³-hybridized carbons (Fsp3) is 0.341. The van der Waals surface area contributed by atoms with Gasteiger partial charge in [0.15, 0.2) is 0 Å². The number of phenolic OH excluding ortho intramolecular Hbond substituents is 1. The Morgan fingerprint density at radius 1 is 0.946 bits per heavy atom. The van der Waals surface area contributed by atoms with E-state index in [-0.39, 0.29) is 36.5 Å². The summed E-state index contributed by atoms with van der Waals surface area (Å²) in [5.74, 6) is 0.882. The van der Waals surface area contributed by atoms with Gasteiger partial charge >= 0.3 is 6.09 Å². The Balaban J connectivity index is 0.904. The van der Waals surface area contributed by atoms with Crippen LogP contribution in [0.15, 0.2) is 108 Å². The Bertz CT molecular complexity index is 2190. The molecule has 0 radical (unpaired) electrons. The Labute approximate surface area is 326 Å². The maximum atomic E-state index is 13.3. The van der Waals surface area contributed by atoms with Crippen molar-refractivity contribution in [3.05, 3.63) is 141 Å². The number of aliphatic hydroxyl groups excluding tert-OH is 1. The highest BCUT2D eigenvalue weighted by Gasteiger charge is 2.37. The zero-order valence-electron chi connectivity index (χ0n) is 31.5. The average Bonchev–Trinajstić information content (AvgIpc) is 3.22. The van der Waals surface area contributed by atoms with Crippen molar-refractivity contribution in [2.45, 2.75) is 44.1 Å². The van der Waals surface area contributed by atoms with E-state index in [9.17, 15) is 24.6 Å². The molecule has 4 aromatic carbocycles. The quantitative estimate of drug-likeness (QED) is 0.0870. The van der Waals surface area contributed by atoms with E-state index in [4.69, 9.17) is 9.47 Å². The monoisotopic (exact) mass is 759 g/mol. The van der Waals surface area contributed by atoms with Crippen LogP contribution in [0.2, 0.25) is 0 Å². The first kappa shape index (κ1) is 38.6. The van der Waals surface area contributed by atoms with Crippen LogP contribution in [-0.2, 0) is 11.3 Å². The van der Waals surface area contributed by atoms with Crippen molar-refractivity contribution in [2.75, 3.05) is 46.3 Å². The maximum Gasteiger partial charge on any atom is 0.408 e. The van der Waals surface area contributed by atoms with E-state index in [0.29, 0.717) is 53.2 Å². The van der Waals surface area contributed by atoms with Crippen LogP contribution in [0.4, 0.5) is 4.79 Å². The SMILES string of the molecule is CN(CCCNCC(O)c1ccc(O)c2[nH]c(=O)ccc12)C(=O)c1cccc(COc2cccc(C(NC(=O)OC3CN4CCC3CC4)c3ccccc3)c2)c1. The second kappa shape index (κ2) is 17.8. The smallest absolute Gasteiger partial charge is 0.408 e. The molecule has 3 aliphatic heterocycles. The van der Waals surface area contributed by atoms with Gasteiger partial charge in [-0.3, -0.25) is 14.5 Å². The molecule has 1 aromatic heterocycles. The minimum Gasteiger partial charge on any atom is -0.506 e. The van der Waals surface area contributed by atoms with E-state index >= 15 is 0 Å². The molecule has 2 bridgehead atoms. The summed E-state index contributed by atoms with van der Waals surface area (Å²) in [5, 5.41) is 27.9. The van der Waals surface area contributed by atoms with Gasteiger partial charge in [0.1, 0.15) is 24.2 Å². The molecule has 2 amide bonds. The third-order valence-corrected chi connectivity index (χ3v) is 10.8. The van der Waals surface area contributed by atoms with Gasteiger partial charge < -0.3 is 40.2 Å². The minimum absolute atomic E-state index is 0.0568. The highest BCUT2D eigenvalue weighted by molar-refractivity contribution is 5.94. The van der Waals surface area contributed by atoms with Gasteiger partial charge in [0.25, 0.3) is 5.91 Å². The fourth-order valence-corrected chi connectivity index (χ4v) is 7.74. The van der Waals surface area contributed by atoms with Gasteiger partial charge in [-0.15, -0.1) is 0 Å². The first-order valence-electron chi connectivity index (χ1n) is 19.3. The van der Waals surface area contributed by atoms with E-state index in [0.717, 1.165) is 49.2 Å². The molecule has 3 aliphatic rings. The number of ether oxygens (including phenoxy) is 2. The average molecular weight is 760 g/mol. The van der Waals surface area contributed by atoms with Gasteiger partial charge in [0.2, 0.25) is 5.56 Å². The minimum atomic E-state index is -0.860. The van der Waals surface area contributed by atoms with Gasteiger partial charge in [-0.2, -0.15) is 0 Å². The molecule has 3 fully saturated rings. The van der Waals surface area contributed by atoms with E-state index in [1.807, 2.05) is 72.8 Å². The van der Waals surface area contributed by atoms with Crippen LogP contribution < -0.4 is 20.9 Å². The number of aliphatic hydroxyl groups is 1. The third kappa shape index (κ3) is 9.39. The van der Waals surface area contributed by atoms with Crippen molar-refractivity contribution in [3.63, 3.8) is 0 Å². The number of fused-ring (bicyclic) bond motifs is 4. The Kier molecular flexibility index (Phi) is 12.3. The number of benzene rings is 4. The molecule has 3 atom stereocenters. The van der Waals surface area contributed by atoms with Gasteiger partial charge in [-0.05, 0) is 103 Å². The van der Waals surface area contributed by atoms with Crippen LogP contribution in [0.25, 0.3) is 10.9 Å². The van der Waals surface area contributed by atoms with Crippen molar-refractivity contribution in [1.29, 1.82) is 0 Å². The lowest BCUT2D eigenvalue weighted by Crippen LogP contribution is -2.52. The summed E-state index contributed by atoms with van der Waals surface area (Å²) in [6.45, 7) is 4.52. The Morgan fingerprint density at radius 2 is 1.73 bits per heavy atom. The number of aromatic amines is 1. The number of piperidine rings is 3. The molecule has 12 heteroatoms. The second-order valence-electron chi connectivity index (χ2n) is 14.7. The molecule has 12 nitrogen and oxygen atoms in total. The Morgan fingerprint density at radius 3 is 2.52 bits per heavy atom. The molecule has 3 saturated heterocycles. The van der Waals surface area contributed by atoms with Crippen molar-refractivity contribution < 1.29 is 29.3 Å². The lowest BCUT2D eigenvalue weighted by molar-refractivity contribution is -0.0336. The first-order valence-corrected chi connectivity index (χ1v) is 19.3. The zero-order chi connectivity index (χ0) is 39.0. The number of hydrogen-bond donors (Lipinski definition) is 5. The number of aromatic hydroxyl groups is 1. The standard InChI is InChI=1S/C44H49N5O7/c1-48(21-7-20-45-26-38(51)35-14-16-37(50)42-36(35)15-17-40(52)46-42)43(53)33-12-5-8-29(24-33)28-55-34-13-6-11-32(25-34)41(31-9-3-2-4-10-31)47-44(54)56-39-27-49-22-18-30(39)19-23-49/h2-6,8-17,24-25,30,38-39,41,45,50-51H,7,18-23,26-28H2,1H3,(H,46,52)(H,47,54). The molecule has 56 heavy (non-hydrogen) atoms. The first-order chi connectivity index (χ1) is 27.2. The molecule has 0 spiro atoms. The van der Waals surface area contributed by atoms with E-state index < -0.39 is 18.2 Å². The number of carbonyl (C=O) groups excluding carboxylic acids is 2. The molecule has 5 aromatic rings. The zero-order valence-corrected chi connectivity index (χ0v) is 31.5. The van der Waals surface area contributed by atoms with Gasteiger partial charge in [0.05, 0.1) is 17.7 Å². The van der Waals surface area contributed by atoms with E-state index in [1.165, 1.54) is 12.1 Å². The summed E-state index contributed by atoms with van der Waals surface area (Å²) >= 11 is 0. The highest BCUT2D eigenvalue weighted by atomic mass is 16.6. The number of pyridine rings is 1. The summed E-state index contributed by atoms with van der Waals surface area (Å²) in [7, 11) is 1.76. The molecule has 4 heterocycles. The number of amides is 2. The lowest BCUT2D eigenvalue weighted by Gasteiger charge is -2.43. The predicted molar refractivity (Wildman–Crippen MR) is 214 cm³/mol. The Hall–Kier alpha value is -5.69. The van der Waals surface area contributed by atoms with E-state index in [2.05, 4.69) is 20.5 Å². The summed E-state index contributed by atoms with van der Waals surface area (Å²) in [6.07, 6.45) is 1.41. The summed E-state index contributed by atoms with van der Waals surface area (Å²) in [4.78, 5) is 45.0. The molecule has 292 valence electrons. The van der Waals surface area contributed by atoms with Gasteiger partial charge in [-0.25, -0.2) is 4.79 Å². The predicted octanol–water partition coefficient (Wildman–Crippen LogP) is 5.51. The molecule has 0 saturated carbocycles. The second-order valence-corrected chi connectivity index (χ2v) is 14.7. The highest BCUT2D eigenvalue weighted by Crippen LogP contribution is 2.31. The van der Waals surface area contributed by atoms with Crippen LogP contribution in [0.1, 0.15) is 64.0 Å². The largest absolute Gasteiger partial charge is 0.506 e. The maximum absolute atomic E-state index is 13.3. The van der Waals surface area contributed by atoms with E-state index in [1.54, 1.807) is 30.1 Å². The number of rotatable bonds is 15. The number of H-pyrrole nitrogens is 1. The van der Waals surface area contributed by atoms with Crippen molar-refractivity contribution in [2.24, 2.45) is 5.92 Å². The van der Waals surface area contributed by atoms with Crippen molar-refractivity contribution in [3.8, 4) is 11.5 Å². The summed E-state index contributed by atoms with van der Waals surface area (Å²) in [6, 6.07) is 30.5. The number of hydrogen-bond acceptors (Lipinski definition) is 9. The third-order valence-electron chi connectivity index (χ3n) is 10.8. The molecule has 3 unspecified atom stereocenters.